The molecule has 0 spiro atoms. The molecule has 2 aromatic rings. The van der Waals surface area contributed by atoms with E-state index in [0.29, 0.717) is 5.69 Å². The molecule has 0 fully saturated rings. The van der Waals surface area contributed by atoms with Crippen LogP contribution in [0.25, 0.3) is 0 Å². The summed E-state index contributed by atoms with van der Waals surface area (Å²) in [5.74, 6) is -0.508. The third kappa shape index (κ3) is 3.21. The summed E-state index contributed by atoms with van der Waals surface area (Å²) in [6.45, 7) is 3.42. The fourth-order valence-electron chi connectivity index (χ4n) is 1.83. The van der Waals surface area contributed by atoms with Gasteiger partial charge in [0.05, 0.1) is 5.56 Å². The maximum atomic E-state index is 12.5. The number of halogens is 4. The lowest BCUT2D eigenvalue weighted by Gasteiger charge is -2.09. The molecule has 0 radical (unpaired) electrons. The predicted octanol–water partition coefficient (Wildman–Crippen LogP) is 4.00. The van der Waals surface area contributed by atoms with Gasteiger partial charge in [-0.1, -0.05) is 11.6 Å². The van der Waals surface area contributed by atoms with Gasteiger partial charge in [-0.3, -0.25) is 9.78 Å². The molecular weight excluding hydrogens is 305 g/mol. The lowest BCUT2D eigenvalue weighted by atomic mass is 10.0. The standard InChI is InChI=1S/C14H10ClF3N2O/c1-7-3-4-9(8(2)19-7)12(21)10-5-6-11(14(16,17)18)20-13(10)15/h3-6H,1-2H3. The Morgan fingerprint density at radius 3 is 2.19 bits per heavy atom. The van der Waals surface area contributed by atoms with E-state index in [1.165, 1.54) is 0 Å². The topological polar surface area (TPSA) is 42.9 Å². The summed E-state index contributed by atoms with van der Waals surface area (Å²) < 4.78 is 37.5. The molecule has 0 N–H and O–H groups in total. The summed E-state index contributed by atoms with van der Waals surface area (Å²) in [4.78, 5) is 19.7. The number of carbonyl (C=O) groups excluding carboxylic acids is 1. The number of aromatic nitrogens is 2. The molecule has 2 heterocycles. The molecule has 0 aliphatic rings. The fourth-order valence-corrected chi connectivity index (χ4v) is 2.07. The first-order valence-electron chi connectivity index (χ1n) is 5.93. The maximum absolute atomic E-state index is 12.5. The zero-order valence-corrected chi connectivity index (χ0v) is 11.9. The van der Waals surface area contributed by atoms with Crippen molar-refractivity contribution >= 4 is 17.4 Å². The van der Waals surface area contributed by atoms with Crippen molar-refractivity contribution in [2.24, 2.45) is 0 Å². The third-order valence-electron chi connectivity index (χ3n) is 2.85. The van der Waals surface area contributed by atoms with Crippen molar-refractivity contribution in [1.29, 1.82) is 0 Å². The molecule has 0 amide bonds. The summed E-state index contributed by atoms with van der Waals surface area (Å²) in [5, 5.41) is -0.477. The number of alkyl halides is 3. The summed E-state index contributed by atoms with van der Waals surface area (Å²) in [6, 6.07) is 4.97. The van der Waals surface area contributed by atoms with Crippen LogP contribution in [0.3, 0.4) is 0 Å². The smallest absolute Gasteiger partial charge is 0.288 e. The van der Waals surface area contributed by atoms with Gasteiger partial charge in [0.1, 0.15) is 10.8 Å². The fraction of sp³-hybridized carbons (Fsp3) is 0.214. The van der Waals surface area contributed by atoms with Crippen LogP contribution in [0.1, 0.15) is 33.0 Å². The number of ketones is 1. The van der Waals surface area contributed by atoms with E-state index in [2.05, 4.69) is 9.97 Å². The van der Waals surface area contributed by atoms with Gasteiger partial charge < -0.3 is 0 Å². The van der Waals surface area contributed by atoms with E-state index in [4.69, 9.17) is 11.6 Å². The monoisotopic (exact) mass is 314 g/mol. The number of rotatable bonds is 2. The van der Waals surface area contributed by atoms with Crippen LogP contribution in [-0.2, 0) is 6.18 Å². The van der Waals surface area contributed by atoms with Crippen LogP contribution in [-0.4, -0.2) is 15.8 Å². The Hall–Kier alpha value is -1.95. The minimum Gasteiger partial charge on any atom is -0.288 e. The molecule has 0 saturated carbocycles. The van der Waals surface area contributed by atoms with Gasteiger partial charge in [0, 0.05) is 17.0 Å². The van der Waals surface area contributed by atoms with E-state index >= 15 is 0 Å². The second-order valence-corrected chi connectivity index (χ2v) is 4.81. The number of nitrogens with zero attached hydrogens (tertiary/aromatic N) is 2. The average Bonchev–Trinajstić information content (AvgIpc) is 2.36. The Labute approximate surface area is 123 Å². The molecule has 0 aliphatic carbocycles. The van der Waals surface area contributed by atoms with Crippen LogP contribution in [0.2, 0.25) is 5.15 Å². The maximum Gasteiger partial charge on any atom is 0.433 e. The zero-order valence-electron chi connectivity index (χ0n) is 11.1. The summed E-state index contributed by atoms with van der Waals surface area (Å²) in [7, 11) is 0. The minimum absolute atomic E-state index is 0.0848. The molecule has 0 atom stereocenters. The number of carbonyl (C=O) groups is 1. The summed E-state index contributed by atoms with van der Waals surface area (Å²) >= 11 is 5.71. The van der Waals surface area contributed by atoms with Crippen molar-refractivity contribution in [2.75, 3.05) is 0 Å². The van der Waals surface area contributed by atoms with Crippen molar-refractivity contribution in [3.63, 3.8) is 0 Å². The van der Waals surface area contributed by atoms with Crippen molar-refractivity contribution in [3.05, 3.63) is 57.6 Å². The first kappa shape index (κ1) is 15.4. The van der Waals surface area contributed by atoms with Gasteiger partial charge in [-0.05, 0) is 38.1 Å². The van der Waals surface area contributed by atoms with Crippen molar-refractivity contribution in [1.82, 2.24) is 9.97 Å². The van der Waals surface area contributed by atoms with Gasteiger partial charge in [-0.25, -0.2) is 4.98 Å². The molecular formula is C14H10ClF3N2O. The van der Waals surface area contributed by atoms with E-state index < -0.39 is 22.8 Å². The number of hydrogen-bond donors (Lipinski definition) is 0. The predicted molar refractivity (Wildman–Crippen MR) is 71.4 cm³/mol. The first-order valence-corrected chi connectivity index (χ1v) is 6.30. The molecule has 2 rings (SSSR count). The van der Waals surface area contributed by atoms with Crippen LogP contribution in [0.4, 0.5) is 13.2 Å². The van der Waals surface area contributed by atoms with Gasteiger partial charge in [0.15, 0.2) is 5.78 Å². The van der Waals surface area contributed by atoms with Crippen molar-refractivity contribution in [3.8, 4) is 0 Å². The highest BCUT2D eigenvalue weighted by Crippen LogP contribution is 2.30. The van der Waals surface area contributed by atoms with Gasteiger partial charge in [0.25, 0.3) is 0 Å². The Morgan fingerprint density at radius 2 is 1.67 bits per heavy atom. The van der Waals surface area contributed by atoms with E-state index in [-0.39, 0.29) is 11.1 Å². The normalized spacial score (nSPS) is 11.5. The third-order valence-corrected chi connectivity index (χ3v) is 3.14. The zero-order chi connectivity index (χ0) is 15.8. The van der Waals surface area contributed by atoms with Gasteiger partial charge in [-0.2, -0.15) is 13.2 Å². The highest BCUT2D eigenvalue weighted by molar-refractivity contribution is 6.33. The van der Waals surface area contributed by atoms with Gasteiger partial charge in [-0.15, -0.1) is 0 Å². The number of hydrogen-bond acceptors (Lipinski definition) is 3. The van der Waals surface area contributed by atoms with E-state index in [1.807, 2.05) is 0 Å². The highest BCUT2D eigenvalue weighted by Gasteiger charge is 2.33. The molecule has 7 heteroatoms. The molecule has 0 bridgehead atoms. The van der Waals surface area contributed by atoms with Crippen molar-refractivity contribution in [2.45, 2.75) is 20.0 Å². The minimum atomic E-state index is -4.60. The van der Waals surface area contributed by atoms with E-state index in [0.717, 1.165) is 17.8 Å². The Kier molecular flexibility index (Phi) is 4.00. The highest BCUT2D eigenvalue weighted by atomic mass is 35.5. The largest absolute Gasteiger partial charge is 0.433 e. The number of aryl methyl sites for hydroxylation is 2. The molecule has 0 unspecified atom stereocenters. The van der Waals surface area contributed by atoms with Crippen molar-refractivity contribution < 1.29 is 18.0 Å². The Morgan fingerprint density at radius 1 is 1.05 bits per heavy atom. The van der Waals surface area contributed by atoms with Crippen LogP contribution in [0.15, 0.2) is 24.3 Å². The summed E-state index contributed by atoms with van der Waals surface area (Å²) in [6.07, 6.45) is -4.60. The molecule has 2 aromatic heterocycles. The van der Waals surface area contributed by atoms with Crippen LogP contribution < -0.4 is 0 Å². The second-order valence-electron chi connectivity index (χ2n) is 4.45. The number of pyridine rings is 2. The quantitative estimate of drug-likeness (QED) is 0.621. The Balaban J connectivity index is 2.45. The molecule has 0 aromatic carbocycles. The SMILES string of the molecule is Cc1ccc(C(=O)c2ccc(C(F)(F)F)nc2Cl)c(C)n1. The summed E-state index contributed by atoms with van der Waals surface area (Å²) in [5.41, 5.74) is 0.280. The average molecular weight is 315 g/mol. The molecule has 110 valence electrons. The van der Waals surface area contributed by atoms with E-state index in [1.54, 1.807) is 26.0 Å². The molecule has 0 saturated heterocycles. The van der Waals surface area contributed by atoms with Gasteiger partial charge in [0.2, 0.25) is 0 Å². The lowest BCUT2D eigenvalue weighted by molar-refractivity contribution is -0.141. The van der Waals surface area contributed by atoms with Crippen LogP contribution >= 0.6 is 11.6 Å². The molecule has 0 aliphatic heterocycles. The molecule has 3 nitrogen and oxygen atoms in total. The first-order chi connectivity index (χ1) is 9.70. The van der Waals surface area contributed by atoms with E-state index in [9.17, 15) is 18.0 Å². The Bertz CT molecular complexity index is 714. The lowest BCUT2D eigenvalue weighted by Crippen LogP contribution is -2.12. The van der Waals surface area contributed by atoms with Gasteiger partial charge >= 0.3 is 6.18 Å². The second kappa shape index (κ2) is 5.44. The molecule has 21 heavy (non-hydrogen) atoms. The van der Waals surface area contributed by atoms with Crippen LogP contribution in [0.5, 0.6) is 0 Å². The van der Waals surface area contributed by atoms with Crippen LogP contribution in [0, 0.1) is 13.8 Å².